The molecule has 0 aliphatic rings. The van der Waals surface area contributed by atoms with Gasteiger partial charge in [0.05, 0.1) is 12.5 Å². The molecule has 2 amide bonds. The van der Waals surface area contributed by atoms with Crippen LogP contribution in [0, 0.1) is 0 Å². The maximum absolute atomic E-state index is 11.8. The van der Waals surface area contributed by atoms with Crippen molar-refractivity contribution in [2.75, 3.05) is 26.7 Å². The quantitative estimate of drug-likeness (QED) is 0.655. The van der Waals surface area contributed by atoms with Crippen molar-refractivity contribution in [1.29, 1.82) is 0 Å². The molecular weight excluding hydrogens is 236 g/mol. The molecule has 6 heteroatoms. The monoisotopic (exact) mass is 260 g/mol. The summed E-state index contributed by atoms with van der Waals surface area (Å²) in [6.07, 6.45) is 1.20. The zero-order chi connectivity index (χ0) is 14.0. The topological polar surface area (TPSA) is 78.9 Å². The second-order valence-corrected chi connectivity index (χ2v) is 4.13. The number of hydrogen-bond acceptors (Lipinski definition) is 3. The molecule has 0 aromatic heterocycles. The number of amides is 2. The van der Waals surface area contributed by atoms with Gasteiger partial charge in [-0.25, -0.2) is 4.79 Å². The molecule has 0 fully saturated rings. The highest BCUT2D eigenvalue weighted by Crippen LogP contribution is 1.98. The highest BCUT2D eigenvalue weighted by atomic mass is 16.5. The SMILES string of the molecule is CCCN(CCC)C(=O)NCC(CC(=O)O)OC. The van der Waals surface area contributed by atoms with Crippen LogP contribution in [0.3, 0.4) is 0 Å². The lowest BCUT2D eigenvalue weighted by atomic mass is 10.2. The highest BCUT2D eigenvalue weighted by Gasteiger charge is 2.16. The van der Waals surface area contributed by atoms with Gasteiger partial charge < -0.3 is 20.1 Å². The van der Waals surface area contributed by atoms with E-state index >= 15 is 0 Å². The van der Waals surface area contributed by atoms with Crippen LogP contribution in [0.5, 0.6) is 0 Å². The molecule has 0 heterocycles. The van der Waals surface area contributed by atoms with Crippen LogP contribution in [0.2, 0.25) is 0 Å². The molecular formula is C12H24N2O4. The van der Waals surface area contributed by atoms with Crippen molar-refractivity contribution >= 4 is 12.0 Å². The summed E-state index contributed by atoms with van der Waals surface area (Å²) < 4.78 is 5.00. The second-order valence-electron chi connectivity index (χ2n) is 4.13. The summed E-state index contributed by atoms with van der Waals surface area (Å²) in [7, 11) is 1.44. The molecule has 0 saturated heterocycles. The minimum absolute atomic E-state index is 0.113. The molecule has 1 atom stereocenters. The second kappa shape index (κ2) is 9.70. The fraction of sp³-hybridized carbons (Fsp3) is 0.833. The number of hydrogen-bond donors (Lipinski definition) is 2. The maximum Gasteiger partial charge on any atom is 0.317 e. The molecule has 0 aromatic rings. The smallest absolute Gasteiger partial charge is 0.317 e. The first-order valence-corrected chi connectivity index (χ1v) is 6.32. The van der Waals surface area contributed by atoms with Crippen LogP contribution in [0.25, 0.3) is 0 Å². The molecule has 18 heavy (non-hydrogen) atoms. The molecule has 0 spiro atoms. The highest BCUT2D eigenvalue weighted by molar-refractivity contribution is 5.74. The van der Waals surface area contributed by atoms with E-state index in [1.807, 2.05) is 13.8 Å². The van der Waals surface area contributed by atoms with E-state index in [1.165, 1.54) is 7.11 Å². The number of rotatable bonds is 9. The Balaban J connectivity index is 4.14. The Morgan fingerprint density at radius 3 is 2.22 bits per heavy atom. The molecule has 0 radical (unpaired) electrons. The summed E-state index contributed by atoms with van der Waals surface area (Å²) in [4.78, 5) is 24.1. The Hall–Kier alpha value is -1.30. The minimum Gasteiger partial charge on any atom is -0.481 e. The Bertz CT molecular complexity index is 252. The van der Waals surface area contributed by atoms with E-state index in [9.17, 15) is 9.59 Å². The largest absolute Gasteiger partial charge is 0.481 e. The number of methoxy groups -OCH3 is 1. The number of urea groups is 1. The Labute approximate surface area is 108 Å². The molecule has 0 bridgehead atoms. The standard InChI is InChI=1S/C12H24N2O4/c1-4-6-14(7-5-2)12(17)13-9-10(18-3)8-11(15)16/h10H,4-9H2,1-3H3,(H,13,17)(H,15,16). The van der Waals surface area contributed by atoms with Crippen LogP contribution in [-0.2, 0) is 9.53 Å². The zero-order valence-corrected chi connectivity index (χ0v) is 11.4. The fourth-order valence-corrected chi connectivity index (χ4v) is 1.60. The van der Waals surface area contributed by atoms with Crippen molar-refractivity contribution in [2.45, 2.75) is 39.2 Å². The van der Waals surface area contributed by atoms with Gasteiger partial charge in [-0.15, -0.1) is 0 Å². The van der Waals surface area contributed by atoms with Crippen molar-refractivity contribution in [3.8, 4) is 0 Å². The number of aliphatic carboxylic acids is 1. The number of nitrogens with one attached hydrogen (secondary N) is 1. The normalized spacial score (nSPS) is 11.9. The van der Waals surface area contributed by atoms with Gasteiger partial charge in [0, 0.05) is 26.7 Å². The number of carboxylic acids is 1. The van der Waals surface area contributed by atoms with Gasteiger partial charge >= 0.3 is 12.0 Å². The average molecular weight is 260 g/mol. The van der Waals surface area contributed by atoms with E-state index in [4.69, 9.17) is 9.84 Å². The van der Waals surface area contributed by atoms with E-state index in [0.717, 1.165) is 12.8 Å². The third-order valence-corrected chi connectivity index (χ3v) is 2.49. The van der Waals surface area contributed by atoms with Crippen molar-refractivity contribution in [3.63, 3.8) is 0 Å². The van der Waals surface area contributed by atoms with Gasteiger partial charge in [0.1, 0.15) is 0 Å². The predicted molar refractivity (Wildman–Crippen MR) is 68.6 cm³/mol. The number of ether oxygens (including phenoxy) is 1. The van der Waals surface area contributed by atoms with Gasteiger partial charge in [0.25, 0.3) is 0 Å². The summed E-state index contributed by atoms with van der Waals surface area (Å²) in [5.74, 6) is -0.935. The minimum atomic E-state index is -0.935. The third-order valence-electron chi connectivity index (χ3n) is 2.49. The average Bonchev–Trinajstić information content (AvgIpc) is 2.33. The van der Waals surface area contributed by atoms with Crippen LogP contribution in [0.4, 0.5) is 4.79 Å². The molecule has 0 saturated carbocycles. The van der Waals surface area contributed by atoms with Crippen molar-refractivity contribution < 1.29 is 19.4 Å². The maximum atomic E-state index is 11.8. The van der Waals surface area contributed by atoms with E-state index in [0.29, 0.717) is 13.1 Å². The Morgan fingerprint density at radius 2 is 1.83 bits per heavy atom. The van der Waals surface area contributed by atoms with Gasteiger partial charge in [-0.1, -0.05) is 13.8 Å². The summed E-state index contributed by atoms with van der Waals surface area (Å²) in [6.45, 7) is 5.65. The molecule has 2 N–H and O–H groups in total. The van der Waals surface area contributed by atoms with Crippen LogP contribution >= 0.6 is 0 Å². The molecule has 106 valence electrons. The molecule has 0 rings (SSSR count). The molecule has 0 aliphatic heterocycles. The predicted octanol–water partition coefficient (Wildman–Crippen LogP) is 1.31. The van der Waals surface area contributed by atoms with E-state index < -0.39 is 12.1 Å². The summed E-state index contributed by atoms with van der Waals surface area (Å²) >= 11 is 0. The fourth-order valence-electron chi connectivity index (χ4n) is 1.60. The first kappa shape index (κ1) is 16.7. The number of carbonyl (C=O) groups is 2. The number of carbonyl (C=O) groups excluding carboxylic acids is 1. The van der Waals surface area contributed by atoms with E-state index in [-0.39, 0.29) is 19.0 Å². The Morgan fingerprint density at radius 1 is 1.28 bits per heavy atom. The Kier molecular flexibility index (Phi) is 9.00. The molecule has 0 aliphatic carbocycles. The van der Waals surface area contributed by atoms with Crippen molar-refractivity contribution in [3.05, 3.63) is 0 Å². The van der Waals surface area contributed by atoms with Crippen molar-refractivity contribution in [1.82, 2.24) is 10.2 Å². The summed E-state index contributed by atoms with van der Waals surface area (Å²) in [5, 5.41) is 11.4. The number of carboxylic acid groups (broad SMARTS) is 1. The lowest BCUT2D eigenvalue weighted by Gasteiger charge is -2.23. The van der Waals surface area contributed by atoms with Gasteiger partial charge in [0.15, 0.2) is 0 Å². The van der Waals surface area contributed by atoms with Crippen LogP contribution in [-0.4, -0.2) is 54.9 Å². The summed E-state index contributed by atoms with van der Waals surface area (Å²) in [6, 6.07) is -0.161. The van der Waals surface area contributed by atoms with E-state index in [1.54, 1.807) is 4.90 Å². The van der Waals surface area contributed by atoms with Gasteiger partial charge in [0.2, 0.25) is 0 Å². The zero-order valence-electron chi connectivity index (χ0n) is 11.4. The third kappa shape index (κ3) is 7.11. The van der Waals surface area contributed by atoms with E-state index in [2.05, 4.69) is 5.32 Å². The lowest BCUT2D eigenvalue weighted by Crippen LogP contribution is -2.44. The van der Waals surface area contributed by atoms with Crippen molar-refractivity contribution in [2.24, 2.45) is 0 Å². The first-order chi connectivity index (χ1) is 8.54. The van der Waals surface area contributed by atoms with Gasteiger partial charge in [-0.05, 0) is 12.8 Å². The lowest BCUT2D eigenvalue weighted by molar-refractivity contribution is -0.139. The van der Waals surface area contributed by atoms with Crippen LogP contribution in [0.15, 0.2) is 0 Å². The van der Waals surface area contributed by atoms with Gasteiger partial charge in [-0.3, -0.25) is 4.79 Å². The summed E-state index contributed by atoms with van der Waals surface area (Å²) in [5.41, 5.74) is 0. The molecule has 6 nitrogen and oxygen atoms in total. The van der Waals surface area contributed by atoms with Gasteiger partial charge in [-0.2, -0.15) is 0 Å². The first-order valence-electron chi connectivity index (χ1n) is 6.32. The van der Waals surface area contributed by atoms with Crippen LogP contribution in [0.1, 0.15) is 33.1 Å². The molecule has 0 aromatic carbocycles. The van der Waals surface area contributed by atoms with Crippen LogP contribution < -0.4 is 5.32 Å². The number of nitrogens with zero attached hydrogens (tertiary/aromatic N) is 1. The molecule has 1 unspecified atom stereocenters.